The van der Waals surface area contributed by atoms with Gasteiger partial charge in [0.05, 0.1) is 36.6 Å². The molecule has 9 nitrogen and oxygen atoms in total. The molecule has 5 atom stereocenters. The Balaban J connectivity index is 1.17. The van der Waals surface area contributed by atoms with E-state index in [-0.39, 0.29) is 30.9 Å². The number of rotatable bonds is 10. The average Bonchev–Trinajstić information content (AvgIpc) is 3.71. The first-order valence-corrected chi connectivity index (χ1v) is 19.8. The van der Waals surface area contributed by atoms with E-state index in [0.29, 0.717) is 47.9 Å². The molecular formula is C36H39ClFN5O4Si. The van der Waals surface area contributed by atoms with Crippen molar-refractivity contribution in [2.24, 2.45) is 5.92 Å². The number of aromatic nitrogens is 3. The molecule has 0 saturated carbocycles. The summed E-state index contributed by atoms with van der Waals surface area (Å²) in [4.78, 5) is 30.3. The van der Waals surface area contributed by atoms with Crippen LogP contribution in [0.5, 0.6) is 0 Å². The van der Waals surface area contributed by atoms with Crippen molar-refractivity contribution in [3.05, 3.63) is 106 Å². The predicted molar refractivity (Wildman–Crippen MR) is 184 cm³/mol. The lowest BCUT2D eigenvalue weighted by atomic mass is 9.82. The van der Waals surface area contributed by atoms with E-state index >= 15 is 4.11 Å². The van der Waals surface area contributed by atoms with E-state index in [2.05, 4.69) is 10.3 Å². The number of amides is 2. The van der Waals surface area contributed by atoms with Crippen LogP contribution >= 0.6 is 11.6 Å². The van der Waals surface area contributed by atoms with Crippen LogP contribution in [0.4, 0.5) is 15.5 Å². The molecule has 3 aliphatic heterocycles. The number of benzene rings is 3. The lowest BCUT2D eigenvalue weighted by molar-refractivity contribution is -0.146. The molecule has 3 aliphatic rings. The summed E-state index contributed by atoms with van der Waals surface area (Å²) in [7, 11) is -3.37. The Hall–Kier alpha value is -3.90. The van der Waals surface area contributed by atoms with Crippen molar-refractivity contribution < 1.29 is 23.5 Å². The number of β-lactam (4-membered cyclic amide) rings is 1. The van der Waals surface area contributed by atoms with Crippen molar-refractivity contribution in [1.29, 1.82) is 0 Å². The van der Waals surface area contributed by atoms with E-state index in [9.17, 15) is 14.7 Å². The van der Waals surface area contributed by atoms with Crippen LogP contribution in [0, 0.1) is 5.92 Å². The lowest BCUT2D eigenvalue weighted by Gasteiger charge is -2.32. The molecule has 7 rings (SSSR count). The van der Waals surface area contributed by atoms with Gasteiger partial charge in [-0.05, 0) is 61.0 Å². The number of fused-ring (bicyclic) bond motifs is 2. The van der Waals surface area contributed by atoms with Gasteiger partial charge in [0, 0.05) is 53.4 Å². The van der Waals surface area contributed by atoms with E-state index in [1.807, 2.05) is 73.8 Å². The minimum absolute atomic E-state index is 0.0816. The number of aliphatic hydroxyl groups is 1. The second-order valence-electron chi connectivity index (χ2n) is 13.6. The van der Waals surface area contributed by atoms with Gasteiger partial charge < -0.3 is 23.8 Å². The summed E-state index contributed by atoms with van der Waals surface area (Å²) in [6, 6.07) is 22.7. The predicted octanol–water partition coefficient (Wildman–Crippen LogP) is 6.20. The van der Waals surface area contributed by atoms with Crippen LogP contribution in [-0.2, 0) is 33.0 Å². The first-order valence-electron chi connectivity index (χ1n) is 16.4. The third-order valence-corrected chi connectivity index (χ3v) is 13.0. The average molecular weight is 688 g/mol. The molecule has 1 spiro atoms. The molecule has 3 aromatic carbocycles. The SMILES string of the molecule is C[C@@H]1[C@@H]([Si](C)(C)F)[C@H](CCn2cc(C(CO)c3ccccc3)nn2)O[C@@]12C(=O)N(Cc1cccc(N3CCC3=O)c1)c1ccc(Cl)cc12. The van der Waals surface area contributed by atoms with Crippen LogP contribution in [-0.4, -0.2) is 59.6 Å². The monoisotopic (exact) mass is 687 g/mol. The van der Waals surface area contributed by atoms with Gasteiger partial charge in [0.1, 0.15) is 0 Å². The standard InChI is InChI=1S/C36H39ClFN5O4Si/c1-23-34(48(2,3)38)32(14-16-41-21-30(39-40-41)28(22-44)25-9-5-4-6-10-25)47-36(23)29-19-26(37)12-13-31(29)43(35(36)46)20-24-8-7-11-27(18-24)42-17-15-33(42)45/h4-13,18-19,21,23,28,32,34,44H,14-17,20,22H2,1-3H3/t23-,28?,32+,34-,36+/m1/s1. The number of ether oxygens (including phenoxy) is 1. The molecule has 250 valence electrons. The number of hydrogen-bond acceptors (Lipinski definition) is 6. The fourth-order valence-corrected chi connectivity index (χ4v) is 10.7. The van der Waals surface area contributed by atoms with Gasteiger partial charge in [0.25, 0.3) is 5.91 Å². The van der Waals surface area contributed by atoms with Gasteiger partial charge in [-0.25, -0.2) is 0 Å². The highest BCUT2D eigenvalue weighted by Gasteiger charge is 2.66. The van der Waals surface area contributed by atoms with Crippen molar-refractivity contribution in [2.45, 2.75) is 69.1 Å². The Morgan fingerprint density at radius 3 is 2.58 bits per heavy atom. The van der Waals surface area contributed by atoms with Crippen LogP contribution in [0.25, 0.3) is 0 Å². The van der Waals surface area contributed by atoms with Gasteiger partial charge >= 0.3 is 0 Å². The van der Waals surface area contributed by atoms with E-state index in [1.54, 1.807) is 39.7 Å². The summed E-state index contributed by atoms with van der Waals surface area (Å²) in [6.07, 6.45) is 2.21. The number of aliphatic hydroxyl groups excluding tert-OH is 1. The zero-order valence-electron chi connectivity index (χ0n) is 27.2. The maximum atomic E-state index is 16.3. The quantitative estimate of drug-likeness (QED) is 0.121. The zero-order valence-corrected chi connectivity index (χ0v) is 29.0. The van der Waals surface area contributed by atoms with Gasteiger partial charge in [-0.15, -0.1) is 5.10 Å². The number of carbonyl (C=O) groups is 2. The maximum absolute atomic E-state index is 16.3. The first kappa shape index (κ1) is 32.6. The molecule has 4 aromatic rings. The van der Waals surface area contributed by atoms with Gasteiger partial charge in [-0.2, -0.15) is 0 Å². The van der Waals surface area contributed by atoms with Crippen molar-refractivity contribution in [2.75, 3.05) is 23.0 Å². The molecule has 2 fully saturated rings. The highest BCUT2D eigenvalue weighted by atomic mass is 35.5. The normalized spacial score (nSPS) is 24.3. The second kappa shape index (κ2) is 12.5. The largest absolute Gasteiger partial charge is 0.395 e. The summed E-state index contributed by atoms with van der Waals surface area (Å²) in [5.41, 5.74) is 2.73. The molecular weight excluding hydrogens is 649 g/mol. The van der Waals surface area contributed by atoms with Crippen molar-refractivity contribution >= 4 is 43.2 Å². The van der Waals surface area contributed by atoms with Crippen molar-refractivity contribution in [3.63, 3.8) is 0 Å². The molecule has 0 radical (unpaired) electrons. The summed E-state index contributed by atoms with van der Waals surface area (Å²) >= 11 is 6.54. The Morgan fingerprint density at radius 1 is 1.10 bits per heavy atom. The van der Waals surface area contributed by atoms with Crippen molar-refractivity contribution in [1.82, 2.24) is 15.0 Å². The summed E-state index contributed by atoms with van der Waals surface area (Å²) in [5, 5.41) is 19.3. The molecule has 1 N–H and O–H groups in total. The number of hydrogen-bond donors (Lipinski definition) is 1. The molecule has 4 heterocycles. The summed E-state index contributed by atoms with van der Waals surface area (Å²) < 4.78 is 24.9. The Labute approximate surface area is 285 Å². The minimum atomic E-state index is -3.37. The van der Waals surface area contributed by atoms with Gasteiger partial charge in [0.2, 0.25) is 14.3 Å². The van der Waals surface area contributed by atoms with Crippen molar-refractivity contribution in [3.8, 4) is 0 Å². The molecule has 1 unspecified atom stereocenters. The number of halogens is 2. The highest BCUT2D eigenvalue weighted by Crippen LogP contribution is 2.60. The third-order valence-electron chi connectivity index (χ3n) is 10.3. The van der Waals surface area contributed by atoms with E-state index in [4.69, 9.17) is 16.3 Å². The molecule has 2 amide bonds. The van der Waals surface area contributed by atoms with Crippen LogP contribution < -0.4 is 9.80 Å². The molecule has 1 aromatic heterocycles. The third kappa shape index (κ3) is 5.56. The van der Waals surface area contributed by atoms with Crippen LogP contribution in [0.2, 0.25) is 23.7 Å². The van der Waals surface area contributed by atoms with E-state index in [0.717, 1.165) is 16.8 Å². The van der Waals surface area contributed by atoms with E-state index < -0.39 is 31.6 Å². The fraction of sp³-hybridized carbons (Fsp3) is 0.389. The Kier molecular flexibility index (Phi) is 8.51. The minimum Gasteiger partial charge on any atom is -0.395 e. The topological polar surface area (TPSA) is 101 Å². The number of aryl methyl sites for hydroxylation is 1. The van der Waals surface area contributed by atoms with Crippen LogP contribution in [0.3, 0.4) is 0 Å². The molecule has 0 aliphatic carbocycles. The zero-order chi connectivity index (χ0) is 33.8. The number of carbonyl (C=O) groups excluding carboxylic acids is 2. The number of nitrogens with zero attached hydrogens (tertiary/aromatic N) is 5. The lowest BCUT2D eigenvalue weighted by Crippen LogP contribution is -2.45. The maximum Gasteiger partial charge on any atom is 0.264 e. The highest BCUT2D eigenvalue weighted by molar-refractivity contribution is 6.72. The van der Waals surface area contributed by atoms with Gasteiger partial charge in [0.15, 0.2) is 5.60 Å². The number of anilines is 2. The molecule has 0 bridgehead atoms. The Morgan fingerprint density at radius 2 is 1.90 bits per heavy atom. The first-order chi connectivity index (χ1) is 23.0. The molecule has 2 saturated heterocycles. The summed E-state index contributed by atoms with van der Waals surface area (Å²) in [6.45, 7) is 6.53. The van der Waals surface area contributed by atoms with Crippen LogP contribution in [0.1, 0.15) is 48.1 Å². The fourth-order valence-electron chi connectivity index (χ4n) is 7.94. The van der Waals surface area contributed by atoms with Crippen LogP contribution in [0.15, 0.2) is 79.0 Å². The summed E-state index contributed by atoms with van der Waals surface area (Å²) in [5.74, 6) is -0.929. The van der Waals surface area contributed by atoms with Gasteiger partial charge in [-0.3, -0.25) is 14.3 Å². The Bertz CT molecular complexity index is 1850. The van der Waals surface area contributed by atoms with Gasteiger partial charge in [-0.1, -0.05) is 66.2 Å². The smallest absolute Gasteiger partial charge is 0.264 e. The molecule has 48 heavy (non-hydrogen) atoms. The van der Waals surface area contributed by atoms with E-state index in [1.165, 1.54) is 0 Å². The molecule has 12 heteroatoms. The second-order valence-corrected chi connectivity index (χ2v) is 17.9.